The largest absolute Gasteiger partial charge is 0.444 e. The van der Waals surface area contributed by atoms with Gasteiger partial charge in [0.15, 0.2) is 0 Å². The molecule has 22 heavy (non-hydrogen) atoms. The molecule has 5 nitrogen and oxygen atoms in total. The Hall–Kier alpha value is -0.810. The zero-order valence-electron chi connectivity index (χ0n) is 14.6. The highest BCUT2D eigenvalue weighted by Gasteiger charge is 2.48. The molecule has 2 aliphatic rings. The summed E-state index contributed by atoms with van der Waals surface area (Å²) in [6.07, 6.45) is 5.75. The molecule has 0 bridgehead atoms. The van der Waals surface area contributed by atoms with E-state index in [1.165, 1.54) is 25.7 Å². The molecule has 0 aromatic carbocycles. The number of rotatable bonds is 4. The van der Waals surface area contributed by atoms with Crippen LogP contribution in [0, 0.1) is 11.8 Å². The second-order valence-corrected chi connectivity index (χ2v) is 8.05. The Labute approximate surface area is 134 Å². The topological polar surface area (TPSA) is 64.8 Å². The zero-order chi connectivity index (χ0) is 16.4. The van der Waals surface area contributed by atoms with E-state index >= 15 is 0 Å². The highest BCUT2D eigenvalue weighted by atomic mass is 16.6. The van der Waals surface area contributed by atoms with Gasteiger partial charge in [-0.2, -0.15) is 0 Å². The summed E-state index contributed by atoms with van der Waals surface area (Å²) in [6.45, 7) is 7.79. The van der Waals surface area contributed by atoms with E-state index in [4.69, 9.17) is 15.2 Å². The fraction of sp³-hybridized carbons (Fsp3) is 0.941. The van der Waals surface area contributed by atoms with Crippen molar-refractivity contribution in [1.29, 1.82) is 0 Å². The van der Waals surface area contributed by atoms with Gasteiger partial charge in [0.2, 0.25) is 0 Å². The van der Waals surface area contributed by atoms with Crippen molar-refractivity contribution in [2.45, 2.75) is 64.1 Å². The maximum Gasteiger partial charge on any atom is 0.410 e. The molecule has 5 heteroatoms. The van der Waals surface area contributed by atoms with Crippen LogP contribution in [0.4, 0.5) is 4.79 Å². The van der Waals surface area contributed by atoms with Gasteiger partial charge in [0, 0.05) is 7.11 Å². The molecule has 0 spiro atoms. The van der Waals surface area contributed by atoms with Crippen LogP contribution in [0.3, 0.4) is 0 Å². The Morgan fingerprint density at radius 2 is 1.73 bits per heavy atom. The summed E-state index contributed by atoms with van der Waals surface area (Å²) in [5, 5.41) is 0. The molecule has 2 fully saturated rings. The molecular weight excluding hydrogens is 280 g/mol. The predicted octanol–water partition coefficient (Wildman–Crippen LogP) is 2.78. The molecule has 1 saturated heterocycles. The van der Waals surface area contributed by atoms with Crippen molar-refractivity contribution in [2.24, 2.45) is 17.6 Å². The molecule has 2 N–H and O–H groups in total. The van der Waals surface area contributed by atoms with Crippen molar-refractivity contribution in [1.82, 2.24) is 4.90 Å². The first-order valence-electron chi connectivity index (χ1n) is 8.50. The van der Waals surface area contributed by atoms with Crippen LogP contribution >= 0.6 is 0 Å². The van der Waals surface area contributed by atoms with Gasteiger partial charge >= 0.3 is 6.09 Å². The van der Waals surface area contributed by atoms with E-state index < -0.39 is 5.60 Å². The molecule has 1 saturated carbocycles. The second kappa shape index (κ2) is 6.75. The first kappa shape index (κ1) is 17.5. The number of nitrogens with zero attached hydrogens (tertiary/aromatic N) is 1. The molecule has 128 valence electrons. The molecule has 1 amide bonds. The highest BCUT2D eigenvalue weighted by molar-refractivity contribution is 5.69. The maximum atomic E-state index is 12.1. The van der Waals surface area contributed by atoms with Crippen LogP contribution in [0.1, 0.15) is 52.9 Å². The van der Waals surface area contributed by atoms with Crippen LogP contribution in [-0.4, -0.2) is 48.9 Å². The van der Waals surface area contributed by atoms with Crippen molar-refractivity contribution >= 4 is 6.09 Å². The lowest BCUT2D eigenvalue weighted by molar-refractivity contribution is -0.134. The van der Waals surface area contributed by atoms with Crippen molar-refractivity contribution in [3.8, 4) is 0 Å². The van der Waals surface area contributed by atoms with E-state index in [9.17, 15) is 4.79 Å². The molecule has 0 radical (unpaired) electrons. The first-order chi connectivity index (χ1) is 10.3. The third-order valence-electron chi connectivity index (χ3n) is 5.00. The smallest absolute Gasteiger partial charge is 0.410 e. The third kappa shape index (κ3) is 4.35. The average molecular weight is 312 g/mol. The van der Waals surface area contributed by atoms with Crippen molar-refractivity contribution in [2.75, 3.05) is 26.7 Å². The standard InChI is InChI=1S/C17H32N2O3/c1-16(2,3)22-15(20)19-11-17(12-19,21-4)9-13-5-7-14(10-18)8-6-13/h13-14H,5-12,18H2,1-4H3. The first-order valence-corrected chi connectivity index (χ1v) is 8.50. The summed E-state index contributed by atoms with van der Waals surface area (Å²) in [5.41, 5.74) is 5.15. The van der Waals surface area contributed by atoms with Gasteiger partial charge in [0.1, 0.15) is 11.2 Å². The monoisotopic (exact) mass is 312 g/mol. The van der Waals surface area contributed by atoms with Crippen LogP contribution in [0.2, 0.25) is 0 Å². The number of carbonyl (C=O) groups excluding carboxylic acids is 1. The SMILES string of the molecule is COC1(CC2CCC(CN)CC2)CN(C(=O)OC(C)(C)C)C1. The average Bonchev–Trinajstić information content (AvgIpc) is 2.41. The number of hydrogen-bond donors (Lipinski definition) is 1. The van der Waals surface area contributed by atoms with Gasteiger partial charge in [-0.15, -0.1) is 0 Å². The Bertz CT molecular complexity index is 378. The van der Waals surface area contributed by atoms with Gasteiger partial charge in [0.05, 0.1) is 13.1 Å². The highest BCUT2D eigenvalue weighted by Crippen LogP contribution is 2.38. The minimum atomic E-state index is -0.441. The summed E-state index contributed by atoms with van der Waals surface area (Å²) in [5.74, 6) is 1.40. The molecular formula is C17H32N2O3. The van der Waals surface area contributed by atoms with Crippen LogP contribution in [0.15, 0.2) is 0 Å². The van der Waals surface area contributed by atoms with Crippen molar-refractivity contribution in [3.63, 3.8) is 0 Å². The normalized spacial score (nSPS) is 28.1. The number of likely N-dealkylation sites (tertiary alicyclic amines) is 1. The summed E-state index contributed by atoms with van der Waals surface area (Å²) < 4.78 is 11.2. The lowest BCUT2D eigenvalue weighted by Crippen LogP contribution is -2.65. The summed E-state index contributed by atoms with van der Waals surface area (Å²) in [4.78, 5) is 13.8. The molecule has 1 aliphatic heterocycles. The van der Waals surface area contributed by atoms with Crippen LogP contribution in [-0.2, 0) is 9.47 Å². The van der Waals surface area contributed by atoms with Crippen molar-refractivity contribution in [3.05, 3.63) is 0 Å². The molecule has 1 heterocycles. The molecule has 1 aliphatic carbocycles. The zero-order valence-corrected chi connectivity index (χ0v) is 14.6. The Morgan fingerprint density at radius 1 is 1.18 bits per heavy atom. The van der Waals surface area contributed by atoms with Gasteiger partial charge in [-0.3, -0.25) is 0 Å². The van der Waals surface area contributed by atoms with Gasteiger partial charge in [0.25, 0.3) is 0 Å². The number of ether oxygens (including phenoxy) is 2. The summed E-state index contributed by atoms with van der Waals surface area (Å²) >= 11 is 0. The molecule has 0 unspecified atom stereocenters. The number of nitrogens with two attached hydrogens (primary N) is 1. The van der Waals surface area contributed by atoms with Crippen LogP contribution in [0.5, 0.6) is 0 Å². The molecule has 0 atom stereocenters. The molecule has 0 aromatic heterocycles. The number of amides is 1. The number of methoxy groups -OCH3 is 1. The molecule has 2 rings (SSSR count). The van der Waals surface area contributed by atoms with E-state index in [0.29, 0.717) is 24.9 Å². The van der Waals surface area contributed by atoms with Crippen LogP contribution < -0.4 is 5.73 Å². The van der Waals surface area contributed by atoms with E-state index in [-0.39, 0.29) is 11.7 Å². The van der Waals surface area contributed by atoms with Gasteiger partial charge in [-0.25, -0.2) is 4.79 Å². The quantitative estimate of drug-likeness (QED) is 0.867. The van der Waals surface area contributed by atoms with E-state index in [1.54, 1.807) is 12.0 Å². The lowest BCUT2D eigenvalue weighted by Gasteiger charge is -2.50. The Morgan fingerprint density at radius 3 is 2.18 bits per heavy atom. The summed E-state index contributed by atoms with van der Waals surface area (Å²) in [6, 6.07) is 0. The maximum absolute atomic E-state index is 12.1. The third-order valence-corrected chi connectivity index (χ3v) is 5.00. The van der Waals surface area contributed by atoms with Crippen LogP contribution in [0.25, 0.3) is 0 Å². The Balaban J connectivity index is 1.80. The van der Waals surface area contributed by atoms with E-state index in [2.05, 4.69) is 0 Å². The lowest BCUT2D eigenvalue weighted by atomic mass is 9.75. The second-order valence-electron chi connectivity index (χ2n) is 8.05. The van der Waals surface area contributed by atoms with Crippen molar-refractivity contribution < 1.29 is 14.3 Å². The fourth-order valence-corrected chi connectivity index (χ4v) is 3.64. The minimum absolute atomic E-state index is 0.170. The van der Waals surface area contributed by atoms with E-state index in [1.807, 2.05) is 20.8 Å². The predicted molar refractivity (Wildman–Crippen MR) is 86.7 cm³/mol. The van der Waals surface area contributed by atoms with Gasteiger partial charge < -0.3 is 20.1 Å². The fourth-order valence-electron chi connectivity index (χ4n) is 3.64. The number of hydrogen-bond acceptors (Lipinski definition) is 4. The minimum Gasteiger partial charge on any atom is -0.444 e. The van der Waals surface area contributed by atoms with E-state index in [0.717, 1.165) is 13.0 Å². The number of carbonyl (C=O) groups is 1. The molecule has 0 aromatic rings. The Kier molecular flexibility index (Phi) is 5.38. The summed E-state index contributed by atoms with van der Waals surface area (Å²) in [7, 11) is 1.76. The van der Waals surface area contributed by atoms with Gasteiger partial charge in [-0.1, -0.05) is 12.8 Å². The van der Waals surface area contributed by atoms with Gasteiger partial charge in [-0.05, 0) is 58.4 Å².